The van der Waals surface area contributed by atoms with Crippen LogP contribution in [0.2, 0.25) is 5.02 Å². The standard InChI is InChI=1S/C29H22ClF3N2O2S/c1-18-7-9-20(10-8-18)27(36)34-22-12-14-23(15-13-22)38-26(19-5-3-2-4-6-19)28(37)35-25-16-11-21(30)17-24(25)29(31,32)33/h2-17,26H,1H3,(H,34,36)(H,35,37). The zero-order chi connectivity index (χ0) is 27.3. The Balaban J connectivity index is 1.53. The molecule has 0 spiro atoms. The van der Waals surface area contributed by atoms with Gasteiger partial charge in [-0.3, -0.25) is 9.59 Å². The molecule has 1 atom stereocenters. The fourth-order valence-electron chi connectivity index (χ4n) is 3.62. The first-order chi connectivity index (χ1) is 18.1. The molecule has 0 aliphatic heterocycles. The van der Waals surface area contributed by atoms with Gasteiger partial charge in [0.15, 0.2) is 0 Å². The van der Waals surface area contributed by atoms with Gasteiger partial charge in [-0.1, -0.05) is 59.6 Å². The Labute approximate surface area is 227 Å². The average Bonchev–Trinajstić information content (AvgIpc) is 2.89. The highest BCUT2D eigenvalue weighted by Crippen LogP contribution is 2.40. The molecule has 4 rings (SSSR count). The van der Waals surface area contributed by atoms with E-state index in [9.17, 15) is 22.8 Å². The average molecular weight is 555 g/mol. The van der Waals surface area contributed by atoms with Crippen molar-refractivity contribution >= 4 is 46.6 Å². The van der Waals surface area contributed by atoms with Gasteiger partial charge in [-0.25, -0.2) is 0 Å². The van der Waals surface area contributed by atoms with Crippen molar-refractivity contribution in [3.8, 4) is 0 Å². The number of alkyl halides is 3. The molecule has 4 aromatic rings. The maximum Gasteiger partial charge on any atom is 0.418 e. The quantitative estimate of drug-likeness (QED) is 0.226. The molecule has 0 heterocycles. The van der Waals surface area contributed by atoms with Crippen LogP contribution in [0.5, 0.6) is 0 Å². The van der Waals surface area contributed by atoms with Crippen LogP contribution in [0.4, 0.5) is 24.5 Å². The van der Waals surface area contributed by atoms with Crippen LogP contribution in [0.15, 0.2) is 102 Å². The minimum absolute atomic E-state index is 0.0844. The van der Waals surface area contributed by atoms with Crippen molar-refractivity contribution in [2.45, 2.75) is 23.2 Å². The van der Waals surface area contributed by atoms with Crippen molar-refractivity contribution in [1.82, 2.24) is 0 Å². The Morgan fingerprint density at radius 3 is 2.13 bits per heavy atom. The topological polar surface area (TPSA) is 58.2 Å². The highest BCUT2D eigenvalue weighted by molar-refractivity contribution is 8.00. The molecular formula is C29H22ClF3N2O2S. The Morgan fingerprint density at radius 2 is 1.50 bits per heavy atom. The molecule has 9 heteroatoms. The summed E-state index contributed by atoms with van der Waals surface area (Å²) in [5.41, 5.74) is 1.36. The fraction of sp³-hybridized carbons (Fsp3) is 0.103. The molecular weight excluding hydrogens is 533 g/mol. The predicted molar refractivity (Wildman–Crippen MR) is 146 cm³/mol. The minimum atomic E-state index is -4.69. The van der Waals surface area contributed by atoms with Gasteiger partial charge < -0.3 is 10.6 Å². The normalized spacial score (nSPS) is 12.0. The van der Waals surface area contributed by atoms with Gasteiger partial charge in [-0.15, -0.1) is 11.8 Å². The maximum atomic E-state index is 13.6. The van der Waals surface area contributed by atoms with Crippen molar-refractivity contribution in [1.29, 1.82) is 0 Å². The Kier molecular flexibility index (Phi) is 8.44. The van der Waals surface area contributed by atoms with E-state index in [2.05, 4.69) is 10.6 Å². The second-order valence-electron chi connectivity index (χ2n) is 8.43. The van der Waals surface area contributed by atoms with Gasteiger partial charge in [0.25, 0.3) is 5.91 Å². The van der Waals surface area contributed by atoms with E-state index in [1.165, 1.54) is 17.8 Å². The van der Waals surface area contributed by atoms with Gasteiger partial charge in [0, 0.05) is 21.2 Å². The van der Waals surface area contributed by atoms with Gasteiger partial charge >= 0.3 is 6.18 Å². The Hall–Kier alpha value is -3.75. The number of aryl methyl sites for hydroxylation is 1. The molecule has 0 aliphatic carbocycles. The number of hydrogen-bond acceptors (Lipinski definition) is 3. The number of carbonyl (C=O) groups excluding carboxylic acids is 2. The lowest BCUT2D eigenvalue weighted by Gasteiger charge is -2.19. The summed E-state index contributed by atoms with van der Waals surface area (Å²) in [5.74, 6) is -0.874. The summed E-state index contributed by atoms with van der Waals surface area (Å²) in [6.45, 7) is 1.94. The molecule has 0 bridgehead atoms. The second kappa shape index (κ2) is 11.8. The van der Waals surface area contributed by atoms with E-state index in [-0.39, 0.29) is 16.6 Å². The van der Waals surface area contributed by atoms with Crippen molar-refractivity contribution in [2.75, 3.05) is 10.6 Å². The maximum absolute atomic E-state index is 13.6. The number of rotatable bonds is 7. The summed E-state index contributed by atoms with van der Waals surface area (Å²) >= 11 is 6.95. The molecule has 0 aromatic heterocycles. The third kappa shape index (κ3) is 6.96. The van der Waals surface area contributed by atoms with Crippen LogP contribution in [0, 0.1) is 6.92 Å². The minimum Gasteiger partial charge on any atom is -0.324 e. The highest BCUT2D eigenvalue weighted by Gasteiger charge is 2.35. The largest absolute Gasteiger partial charge is 0.418 e. The van der Waals surface area contributed by atoms with E-state index in [4.69, 9.17) is 11.6 Å². The van der Waals surface area contributed by atoms with Crippen molar-refractivity contribution in [3.05, 3.63) is 124 Å². The lowest BCUT2D eigenvalue weighted by atomic mass is 10.1. The number of amides is 2. The molecule has 4 nitrogen and oxygen atoms in total. The van der Waals surface area contributed by atoms with E-state index in [0.29, 0.717) is 21.7 Å². The second-order valence-corrected chi connectivity index (χ2v) is 10.0. The zero-order valence-corrected chi connectivity index (χ0v) is 21.6. The van der Waals surface area contributed by atoms with Crippen molar-refractivity contribution < 1.29 is 22.8 Å². The lowest BCUT2D eigenvalue weighted by molar-refractivity contribution is -0.137. The molecule has 0 fully saturated rings. The number of benzene rings is 4. The first kappa shape index (κ1) is 27.3. The van der Waals surface area contributed by atoms with Crippen LogP contribution in [-0.2, 0) is 11.0 Å². The number of hydrogen-bond donors (Lipinski definition) is 2. The number of thioether (sulfide) groups is 1. The molecule has 0 saturated heterocycles. The fourth-order valence-corrected chi connectivity index (χ4v) is 4.82. The van der Waals surface area contributed by atoms with Gasteiger partial charge in [0.1, 0.15) is 5.25 Å². The van der Waals surface area contributed by atoms with Crippen LogP contribution in [0.25, 0.3) is 0 Å². The molecule has 2 N–H and O–H groups in total. The number of nitrogens with one attached hydrogen (secondary N) is 2. The van der Waals surface area contributed by atoms with E-state index in [1.807, 2.05) is 19.1 Å². The molecule has 1 unspecified atom stereocenters. The highest BCUT2D eigenvalue weighted by atomic mass is 35.5. The van der Waals surface area contributed by atoms with E-state index in [0.717, 1.165) is 17.7 Å². The number of anilines is 2. The number of halogens is 4. The van der Waals surface area contributed by atoms with E-state index >= 15 is 0 Å². The SMILES string of the molecule is Cc1ccc(C(=O)Nc2ccc(SC(C(=O)Nc3ccc(Cl)cc3C(F)(F)F)c3ccccc3)cc2)cc1. The van der Waals surface area contributed by atoms with Crippen LogP contribution < -0.4 is 10.6 Å². The van der Waals surface area contributed by atoms with Crippen molar-refractivity contribution in [2.24, 2.45) is 0 Å². The van der Waals surface area contributed by atoms with Gasteiger partial charge in [-0.05, 0) is 67.1 Å². The summed E-state index contributed by atoms with van der Waals surface area (Å²) in [6.07, 6.45) is -4.69. The first-order valence-electron chi connectivity index (χ1n) is 11.5. The smallest absolute Gasteiger partial charge is 0.324 e. The van der Waals surface area contributed by atoms with Crippen molar-refractivity contribution in [3.63, 3.8) is 0 Å². The molecule has 0 aliphatic rings. The lowest BCUT2D eigenvalue weighted by Crippen LogP contribution is -2.21. The molecule has 4 aromatic carbocycles. The van der Waals surface area contributed by atoms with Gasteiger partial charge in [-0.2, -0.15) is 13.2 Å². The third-order valence-corrected chi connectivity index (χ3v) is 7.07. The van der Waals surface area contributed by atoms with Crippen LogP contribution in [-0.4, -0.2) is 11.8 Å². The zero-order valence-electron chi connectivity index (χ0n) is 20.1. The van der Waals surface area contributed by atoms with E-state index in [1.54, 1.807) is 66.7 Å². The molecule has 0 saturated carbocycles. The van der Waals surface area contributed by atoms with Crippen LogP contribution in [0.1, 0.15) is 32.3 Å². The third-order valence-electron chi connectivity index (χ3n) is 5.57. The molecule has 194 valence electrons. The van der Waals surface area contributed by atoms with Gasteiger partial charge in [0.05, 0.1) is 11.3 Å². The van der Waals surface area contributed by atoms with Crippen LogP contribution in [0.3, 0.4) is 0 Å². The molecule has 38 heavy (non-hydrogen) atoms. The summed E-state index contributed by atoms with van der Waals surface area (Å²) in [4.78, 5) is 26.5. The molecule has 2 amide bonds. The molecule has 0 radical (unpaired) electrons. The Bertz CT molecular complexity index is 1430. The van der Waals surface area contributed by atoms with Gasteiger partial charge in [0.2, 0.25) is 5.91 Å². The number of carbonyl (C=O) groups is 2. The van der Waals surface area contributed by atoms with E-state index < -0.39 is 22.9 Å². The summed E-state index contributed by atoms with van der Waals surface area (Å²) in [7, 11) is 0. The Morgan fingerprint density at radius 1 is 0.842 bits per heavy atom. The summed E-state index contributed by atoms with van der Waals surface area (Å²) in [5, 5.41) is 4.32. The predicted octanol–water partition coefficient (Wildman–Crippen LogP) is 8.39. The monoisotopic (exact) mass is 554 g/mol. The summed E-state index contributed by atoms with van der Waals surface area (Å²) in [6, 6.07) is 26.0. The van der Waals surface area contributed by atoms with Crippen LogP contribution >= 0.6 is 23.4 Å². The first-order valence-corrected chi connectivity index (χ1v) is 12.7. The summed E-state index contributed by atoms with van der Waals surface area (Å²) < 4.78 is 40.7.